The number of carbonyl (C=O) groups excluding carboxylic acids is 1. The van der Waals surface area contributed by atoms with Crippen LogP contribution < -0.4 is 5.32 Å². The average molecular weight is 290 g/mol. The topological polar surface area (TPSA) is 38.3 Å². The van der Waals surface area contributed by atoms with Crippen molar-refractivity contribution in [3.05, 3.63) is 34.1 Å². The Kier molecular flexibility index (Phi) is 4.89. The summed E-state index contributed by atoms with van der Waals surface area (Å²) in [5, 5.41) is 2.95. The maximum atomic E-state index is 13.2. The molecule has 0 spiro atoms. The zero-order chi connectivity index (χ0) is 12.1. The quantitative estimate of drug-likeness (QED) is 0.864. The third-order valence-electron chi connectivity index (χ3n) is 2.19. The van der Waals surface area contributed by atoms with Gasteiger partial charge in [-0.1, -0.05) is 12.1 Å². The van der Waals surface area contributed by atoms with E-state index in [0.717, 1.165) is 5.56 Å². The van der Waals surface area contributed by atoms with Gasteiger partial charge < -0.3 is 10.1 Å². The van der Waals surface area contributed by atoms with E-state index in [1.165, 1.54) is 13.2 Å². The molecule has 0 aromatic heterocycles. The Balaban J connectivity index is 2.61. The summed E-state index contributed by atoms with van der Waals surface area (Å²) in [5.41, 5.74) is 0.760. The summed E-state index contributed by atoms with van der Waals surface area (Å²) in [4.78, 5) is 11.1. The first-order chi connectivity index (χ1) is 7.56. The number of ether oxygens (including phenoxy) is 1. The van der Waals surface area contributed by atoms with Crippen molar-refractivity contribution in [2.45, 2.75) is 19.5 Å². The van der Waals surface area contributed by atoms with Crippen molar-refractivity contribution in [3.8, 4) is 0 Å². The van der Waals surface area contributed by atoms with Crippen molar-refractivity contribution < 1.29 is 13.9 Å². The minimum atomic E-state index is -0.417. The zero-order valence-electron chi connectivity index (χ0n) is 9.09. The van der Waals surface area contributed by atoms with E-state index in [0.29, 0.717) is 11.0 Å². The van der Waals surface area contributed by atoms with Gasteiger partial charge in [0.2, 0.25) is 0 Å². The third kappa shape index (κ3) is 3.28. The van der Waals surface area contributed by atoms with Crippen LogP contribution in [-0.2, 0) is 16.1 Å². The Morgan fingerprint density at radius 1 is 1.62 bits per heavy atom. The van der Waals surface area contributed by atoms with Gasteiger partial charge in [0, 0.05) is 6.54 Å². The van der Waals surface area contributed by atoms with Gasteiger partial charge in [-0.3, -0.25) is 4.79 Å². The van der Waals surface area contributed by atoms with E-state index in [9.17, 15) is 9.18 Å². The molecule has 1 unspecified atom stereocenters. The molecule has 1 atom stereocenters. The maximum absolute atomic E-state index is 13.2. The van der Waals surface area contributed by atoms with Gasteiger partial charge in [0.15, 0.2) is 0 Å². The fraction of sp³-hybridized carbons (Fsp3) is 0.364. The van der Waals surface area contributed by atoms with E-state index < -0.39 is 6.04 Å². The van der Waals surface area contributed by atoms with Crippen molar-refractivity contribution in [1.82, 2.24) is 5.32 Å². The number of benzene rings is 1. The first-order valence-electron chi connectivity index (χ1n) is 4.80. The van der Waals surface area contributed by atoms with Crippen LogP contribution in [0.15, 0.2) is 22.7 Å². The van der Waals surface area contributed by atoms with E-state index >= 15 is 0 Å². The first-order valence-corrected chi connectivity index (χ1v) is 5.59. The number of carbonyl (C=O) groups is 1. The van der Waals surface area contributed by atoms with E-state index in [1.54, 1.807) is 19.1 Å². The van der Waals surface area contributed by atoms with E-state index in [2.05, 4.69) is 26.0 Å². The predicted molar refractivity (Wildman–Crippen MR) is 62.4 cm³/mol. The number of methoxy groups -OCH3 is 1. The summed E-state index contributed by atoms with van der Waals surface area (Å²) in [6.45, 7) is 2.09. The fourth-order valence-corrected chi connectivity index (χ4v) is 1.61. The summed E-state index contributed by atoms with van der Waals surface area (Å²) in [6.07, 6.45) is 0. The lowest BCUT2D eigenvalue weighted by Gasteiger charge is -2.12. The summed E-state index contributed by atoms with van der Waals surface area (Å²) in [5.74, 6) is -0.655. The standard InChI is InChI=1S/C11H13BrFNO2/c1-7(11(15)16-2)14-6-8-4-3-5-9(13)10(8)12/h3-5,7,14H,6H2,1-2H3. The Morgan fingerprint density at radius 3 is 2.94 bits per heavy atom. The van der Waals surface area contributed by atoms with Crippen molar-refractivity contribution >= 4 is 21.9 Å². The van der Waals surface area contributed by atoms with Crippen molar-refractivity contribution in [2.24, 2.45) is 0 Å². The van der Waals surface area contributed by atoms with Gasteiger partial charge in [-0.15, -0.1) is 0 Å². The molecule has 0 bridgehead atoms. The molecule has 1 aromatic carbocycles. The molecule has 0 saturated heterocycles. The second kappa shape index (κ2) is 5.96. The van der Waals surface area contributed by atoms with E-state index in [4.69, 9.17) is 0 Å². The molecule has 0 aliphatic heterocycles. The molecule has 1 N–H and O–H groups in total. The summed E-state index contributed by atoms with van der Waals surface area (Å²) in [7, 11) is 1.33. The molecule has 88 valence electrons. The van der Waals surface area contributed by atoms with E-state index in [-0.39, 0.29) is 11.8 Å². The minimum absolute atomic E-state index is 0.315. The molecule has 16 heavy (non-hydrogen) atoms. The molecule has 5 heteroatoms. The molecular weight excluding hydrogens is 277 g/mol. The van der Waals surface area contributed by atoms with Gasteiger partial charge in [-0.2, -0.15) is 0 Å². The minimum Gasteiger partial charge on any atom is -0.468 e. The molecule has 0 aliphatic rings. The van der Waals surface area contributed by atoms with Crippen molar-refractivity contribution in [1.29, 1.82) is 0 Å². The normalized spacial score (nSPS) is 12.2. The highest BCUT2D eigenvalue weighted by atomic mass is 79.9. The molecule has 3 nitrogen and oxygen atoms in total. The number of nitrogens with one attached hydrogen (secondary N) is 1. The van der Waals surface area contributed by atoms with Crippen LogP contribution in [0.2, 0.25) is 0 Å². The van der Waals surface area contributed by atoms with Crippen LogP contribution in [0.25, 0.3) is 0 Å². The summed E-state index contributed by atoms with van der Waals surface area (Å²) < 4.78 is 18.1. The molecule has 0 aliphatic carbocycles. The van der Waals surface area contributed by atoms with Crippen LogP contribution >= 0.6 is 15.9 Å². The molecule has 1 aromatic rings. The maximum Gasteiger partial charge on any atom is 0.322 e. The Labute approximate surface area is 102 Å². The molecule has 0 amide bonds. The molecule has 1 rings (SSSR count). The van der Waals surface area contributed by atoms with Gasteiger partial charge in [-0.05, 0) is 34.5 Å². The molecule has 0 fully saturated rings. The lowest BCUT2D eigenvalue weighted by Crippen LogP contribution is -2.34. The number of rotatable bonds is 4. The van der Waals surface area contributed by atoms with Crippen LogP contribution in [-0.4, -0.2) is 19.1 Å². The first kappa shape index (κ1) is 13.1. The van der Waals surface area contributed by atoms with Crippen LogP contribution in [0, 0.1) is 5.82 Å². The van der Waals surface area contributed by atoms with Crippen LogP contribution in [0.5, 0.6) is 0 Å². The zero-order valence-corrected chi connectivity index (χ0v) is 10.7. The average Bonchev–Trinajstić information content (AvgIpc) is 2.29. The highest BCUT2D eigenvalue weighted by Crippen LogP contribution is 2.20. The second-order valence-electron chi connectivity index (χ2n) is 3.34. The second-order valence-corrected chi connectivity index (χ2v) is 4.13. The van der Waals surface area contributed by atoms with E-state index in [1.807, 2.05) is 0 Å². The Hall–Kier alpha value is -0.940. The molecule has 0 saturated carbocycles. The third-order valence-corrected chi connectivity index (χ3v) is 3.07. The van der Waals surface area contributed by atoms with Gasteiger partial charge in [-0.25, -0.2) is 4.39 Å². The number of esters is 1. The molecule has 0 heterocycles. The fourth-order valence-electron chi connectivity index (χ4n) is 1.21. The lowest BCUT2D eigenvalue weighted by molar-refractivity contribution is -0.142. The number of halogens is 2. The lowest BCUT2D eigenvalue weighted by atomic mass is 10.2. The SMILES string of the molecule is COC(=O)C(C)NCc1cccc(F)c1Br. The predicted octanol–water partition coefficient (Wildman–Crippen LogP) is 2.24. The van der Waals surface area contributed by atoms with Crippen molar-refractivity contribution in [2.75, 3.05) is 7.11 Å². The Morgan fingerprint density at radius 2 is 2.31 bits per heavy atom. The molecule has 0 radical (unpaired) electrons. The smallest absolute Gasteiger partial charge is 0.322 e. The van der Waals surface area contributed by atoms with Crippen LogP contribution in [0.4, 0.5) is 4.39 Å². The van der Waals surface area contributed by atoms with Crippen molar-refractivity contribution in [3.63, 3.8) is 0 Å². The monoisotopic (exact) mass is 289 g/mol. The largest absolute Gasteiger partial charge is 0.468 e. The highest BCUT2D eigenvalue weighted by Gasteiger charge is 2.13. The summed E-state index contributed by atoms with van der Waals surface area (Å²) >= 11 is 3.15. The van der Waals surface area contributed by atoms with Crippen LogP contribution in [0.3, 0.4) is 0 Å². The summed E-state index contributed by atoms with van der Waals surface area (Å²) in [6, 6.07) is 4.36. The van der Waals surface area contributed by atoms with Crippen LogP contribution in [0.1, 0.15) is 12.5 Å². The molecular formula is C11H13BrFNO2. The number of hydrogen-bond acceptors (Lipinski definition) is 3. The highest BCUT2D eigenvalue weighted by molar-refractivity contribution is 9.10. The van der Waals surface area contributed by atoms with Gasteiger partial charge in [0.25, 0.3) is 0 Å². The Bertz CT molecular complexity index is 384. The number of hydrogen-bond donors (Lipinski definition) is 1. The van der Waals surface area contributed by atoms with Gasteiger partial charge >= 0.3 is 5.97 Å². The van der Waals surface area contributed by atoms with Gasteiger partial charge in [0.1, 0.15) is 11.9 Å². The van der Waals surface area contributed by atoms with Gasteiger partial charge in [0.05, 0.1) is 11.6 Å².